The van der Waals surface area contributed by atoms with Crippen LogP contribution in [0.15, 0.2) is 0 Å². The molecule has 0 aromatic heterocycles. The molecule has 1 aliphatic heterocycles. The van der Waals surface area contributed by atoms with Gasteiger partial charge in [0.15, 0.2) is 0 Å². The Morgan fingerprint density at radius 3 is 2.46 bits per heavy atom. The van der Waals surface area contributed by atoms with Gasteiger partial charge < -0.3 is 10.2 Å². The Morgan fingerprint density at radius 2 is 2.08 bits per heavy atom. The Hall–Kier alpha value is -0.590. The van der Waals surface area contributed by atoms with Crippen molar-refractivity contribution in [2.75, 3.05) is 26.7 Å². The van der Waals surface area contributed by atoms with Gasteiger partial charge in [-0.1, -0.05) is 6.92 Å². The number of likely N-dealkylation sites (tertiary alicyclic amines) is 1. The maximum Gasteiger partial charge on any atom is 0.108 e. The molecule has 0 saturated carbocycles. The molecule has 0 bridgehead atoms. The number of nitrogens with zero attached hydrogens (tertiary/aromatic N) is 2. The van der Waals surface area contributed by atoms with E-state index in [1.54, 1.807) is 0 Å². The van der Waals surface area contributed by atoms with Gasteiger partial charge in [-0.2, -0.15) is 5.26 Å². The standard InChI is InChI=1S/C10H19N3/c1-3-6-13-7-4-10(9-11,12-2)5-8-13/h12H,3-8H2,1-2H3. The van der Waals surface area contributed by atoms with Gasteiger partial charge in [0, 0.05) is 13.1 Å². The van der Waals surface area contributed by atoms with Crippen LogP contribution in [-0.2, 0) is 0 Å². The zero-order valence-corrected chi connectivity index (χ0v) is 8.64. The molecule has 0 aromatic carbocycles. The summed E-state index contributed by atoms with van der Waals surface area (Å²) in [6.07, 6.45) is 3.12. The fourth-order valence-corrected chi connectivity index (χ4v) is 1.89. The van der Waals surface area contributed by atoms with Crippen LogP contribution in [0.4, 0.5) is 0 Å². The van der Waals surface area contributed by atoms with Crippen molar-refractivity contribution in [3.05, 3.63) is 0 Å². The van der Waals surface area contributed by atoms with E-state index in [-0.39, 0.29) is 5.54 Å². The molecule has 13 heavy (non-hydrogen) atoms. The quantitative estimate of drug-likeness (QED) is 0.705. The van der Waals surface area contributed by atoms with Crippen LogP contribution < -0.4 is 5.32 Å². The molecule has 1 fully saturated rings. The van der Waals surface area contributed by atoms with Crippen molar-refractivity contribution >= 4 is 0 Å². The van der Waals surface area contributed by atoms with Crippen LogP contribution in [0, 0.1) is 11.3 Å². The molecule has 0 spiro atoms. The summed E-state index contributed by atoms with van der Waals surface area (Å²) in [5.74, 6) is 0. The summed E-state index contributed by atoms with van der Waals surface area (Å²) in [6, 6.07) is 2.39. The van der Waals surface area contributed by atoms with Crippen LogP contribution in [0.25, 0.3) is 0 Å². The van der Waals surface area contributed by atoms with Crippen molar-refractivity contribution in [3.63, 3.8) is 0 Å². The van der Waals surface area contributed by atoms with Crippen LogP contribution in [0.2, 0.25) is 0 Å². The summed E-state index contributed by atoms with van der Waals surface area (Å²) in [5.41, 5.74) is -0.246. The minimum absolute atomic E-state index is 0.246. The molecule has 0 radical (unpaired) electrons. The molecule has 1 heterocycles. The Kier molecular flexibility index (Phi) is 3.71. The Bertz CT molecular complexity index is 187. The lowest BCUT2D eigenvalue weighted by Crippen LogP contribution is -2.51. The molecule has 1 aliphatic rings. The predicted octanol–water partition coefficient (Wildman–Crippen LogP) is 0.974. The topological polar surface area (TPSA) is 39.1 Å². The summed E-state index contributed by atoms with van der Waals surface area (Å²) in [7, 11) is 1.89. The third-order valence-corrected chi connectivity index (χ3v) is 2.94. The first-order valence-corrected chi connectivity index (χ1v) is 5.09. The van der Waals surface area contributed by atoms with Crippen LogP contribution in [-0.4, -0.2) is 37.1 Å². The molecule has 3 nitrogen and oxygen atoms in total. The Balaban J connectivity index is 2.42. The number of nitriles is 1. The largest absolute Gasteiger partial charge is 0.303 e. The highest BCUT2D eigenvalue weighted by Crippen LogP contribution is 2.20. The van der Waals surface area contributed by atoms with E-state index in [0.29, 0.717) is 0 Å². The number of hydrogen-bond acceptors (Lipinski definition) is 3. The lowest BCUT2D eigenvalue weighted by atomic mass is 9.89. The number of nitrogens with one attached hydrogen (secondary N) is 1. The van der Waals surface area contributed by atoms with Gasteiger partial charge in [0.2, 0.25) is 0 Å². The van der Waals surface area contributed by atoms with Gasteiger partial charge >= 0.3 is 0 Å². The maximum absolute atomic E-state index is 9.03. The van der Waals surface area contributed by atoms with Gasteiger partial charge in [-0.05, 0) is 32.9 Å². The van der Waals surface area contributed by atoms with E-state index in [1.807, 2.05) is 7.05 Å². The highest BCUT2D eigenvalue weighted by atomic mass is 15.1. The molecule has 0 atom stereocenters. The fraction of sp³-hybridized carbons (Fsp3) is 0.900. The molecule has 0 aliphatic carbocycles. The van der Waals surface area contributed by atoms with Gasteiger partial charge in [0.25, 0.3) is 0 Å². The molecular weight excluding hydrogens is 162 g/mol. The highest BCUT2D eigenvalue weighted by molar-refractivity contribution is 5.08. The van der Waals surface area contributed by atoms with Crippen molar-refractivity contribution in [2.24, 2.45) is 0 Å². The smallest absolute Gasteiger partial charge is 0.108 e. The van der Waals surface area contributed by atoms with Crippen molar-refractivity contribution in [2.45, 2.75) is 31.7 Å². The number of rotatable bonds is 3. The highest BCUT2D eigenvalue weighted by Gasteiger charge is 2.32. The van der Waals surface area contributed by atoms with Gasteiger partial charge in [-0.25, -0.2) is 0 Å². The van der Waals surface area contributed by atoms with Crippen molar-refractivity contribution < 1.29 is 0 Å². The summed E-state index contributed by atoms with van der Waals surface area (Å²) in [5, 5.41) is 12.2. The zero-order valence-electron chi connectivity index (χ0n) is 8.64. The minimum atomic E-state index is -0.246. The third-order valence-electron chi connectivity index (χ3n) is 2.94. The van der Waals surface area contributed by atoms with E-state index in [9.17, 15) is 0 Å². The SMILES string of the molecule is CCCN1CCC(C#N)(NC)CC1. The van der Waals surface area contributed by atoms with E-state index in [0.717, 1.165) is 25.9 Å². The first-order chi connectivity index (χ1) is 6.26. The van der Waals surface area contributed by atoms with Gasteiger partial charge in [-0.15, -0.1) is 0 Å². The molecule has 0 aromatic rings. The van der Waals surface area contributed by atoms with E-state index >= 15 is 0 Å². The lowest BCUT2D eigenvalue weighted by molar-refractivity contribution is 0.172. The van der Waals surface area contributed by atoms with Crippen molar-refractivity contribution in [3.8, 4) is 6.07 Å². The maximum atomic E-state index is 9.03. The summed E-state index contributed by atoms with van der Waals surface area (Å²) in [6.45, 7) is 5.49. The number of hydrogen-bond donors (Lipinski definition) is 1. The predicted molar refractivity (Wildman–Crippen MR) is 53.4 cm³/mol. The van der Waals surface area contributed by atoms with E-state index in [1.165, 1.54) is 13.0 Å². The summed E-state index contributed by atoms with van der Waals surface area (Å²) in [4.78, 5) is 2.44. The first-order valence-electron chi connectivity index (χ1n) is 5.09. The summed E-state index contributed by atoms with van der Waals surface area (Å²) >= 11 is 0. The lowest BCUT2D eigenvalue weighted by Gasteiger charge is -2.36. The van der Waals surface area contributed by atoms with Crippen LogP contribution in [0.3, 0.4) is 0 Å². The normalized spacial score (nSPS) is 22.5. The molecule has 1 rings (SSSR count). The monoisotopic (exact) mass is 181 g/mol. The second kappa shape index (κ2) is 4.59. The average molecular weight is 181 g/mol. The van der Waals surface area contributed by atoms with Gasteiger partial charge in [0.1, 0.15) is 5.54 Å². The van der Waals surface area contributed by atoms with Crippen LogP contribution >= 0.6 is 0 Å². The van der Waals surface area contributed by atoms with Crippen LogP contribution in [0.1, 0.15) is 26.2 Å². The van der Waals surface area contributed by atoms with Crippen LogP contribution in [0.5, 0.6) is 0 Å². The van der Waals surface area contributed by atoms with Gasteiger partial charge in [-0.3, -0.25) is 0 Å². The second-order valence-electron chi connectivity index (χ2n) is 3.79. The van der Waals surface area contributed by atoms with Crippen molar-refractivity contribution in [1.29, 1.82) is 5.26 Å². The molecule has 3 heteroatoms. The third kappa shape index (κ3) is 2.43. The van der Waals surface area contributed by atoms with Gasteiger partial charge in [0.05, 0.1) is 6.07 Å². The molecule has 74 valence electrons. The molecule has 1 N–H and O–H groups in total. The first kappa shape index (κ1) is 10.5. The zero-order chi connectivity index (χ0) is 9.73. The minimum Gasteiger partial charge on any atom is -0.303 e. The Labute approximate surface area is 80.7 Å². The Morgan fingerprint density at radius 1 is 1.46 bits per heavy atom. The van der Waals surface area contributed by atoms with E-state index < -0.39 is 0 Å². The summed E-state index contributed by atoms with van der Waals surface area (Å²) < 4.78 is 0. The second-order valence-corrected chi connectivity index (χ2v) is 3.79. The van der Waals surface area contributed by atoms with E-state index in [4.69, 9.17) is 5.26 Å². The molecule has 0 amide bonds. The van der Waals surface area contributed by atoms with Crippen molar-refractivity contribution in [1.82, 2.24) is 10.2 Å². The fourth-order valence-electron chi connectivity index (χ4n) is 1.89. The molecule has 1 saturated heterocycles. The van der Waals surface area contributed by atoms with E-state index in [2.05, 4.69) is 23.2 Å². The number of piperidine rings is 1. The average Bonchev–Trinajstić information content (AvgIpc) is 2.20. The molecule has 0 unspecified atom stereocenters. The molecular formula is C10H19N3.